The number of fused-ring (bicyclic) bond motifs is 5. The molecule has 22 heavy (non-hydrogen) atoms. The minimum Gasteiger partial charge on any atom is -0.455 e. The minimum atomic E-state index is 0. The zero-order valence-electron chi connectivity index (χ0n) is 11.9. The highest BCUT2D eigenvalue weighted by molar-refractivity contribution is 6.30. The second-order valence-electron chi connectivity index (χ2n) is 5.05. The maximum atomic E-state index is 6.13. The Kier molecular flexibility index (Phi) is 3.89. The molecule has 0 saturated carbocycles. The molecular formula is C16H15Cl2N3O. The van der Waals surface area contributed by atoms with Crippen LogP contribution in [0.15, 0.2) is 47.5 Å². The van der Waals surface area contributed by atoms with E-state index in [0.717, 1.165) is 28.7 Å². The van der Waals surface area contributed by atoms with Crippen molar-refractivity contribution in [3.05, 3.63) is 53.1 Å². The number of ether oxygens (including phenoxy) is 1. The predicted molar refractivity (Wildman–Crippen MR) is 91.8 cm³/mol. The summed E-state index contributed by atoms with van der Waals surface area (Å²) in [7, 11) is 1.88. The number of rotatable bonds is 0. The van der Waals surface area contributed by atoms with Crippen molar-refractivity contribution in [2.45, 2.75) is 6.04 Å². The molecular weight excluding hydrogens is 321 g/mol. The fraction of sp³-hybridized carbons (Fsp3) is 0.188. The lowest BCUT2D eigenvalue weighted by atomic mass is 10.1. The summed E-state index contributed by atoms with van der Waals surface area (Å²) in [4.78, 5) is 6.78. The molecule has 2 aliphatic rings. The van der Waals surface area contributed by atoms with Crippen LogP contribution in [-0.4, -0.2) is 19.6 Å². The molecule has 1 unspecified atom stereocenters. The second kappa shape index (κ2) is 5.71. The molecule has 4 rings (SSSR count). The van der Waals surface area contributed by atoms with Crippen LogP contribution in [0.1, 0.15) is 11.6 Å². The largest absolute Gasteiger partial charge is 0.455 e. The minimum absolute atomic E-state index is 0. The Morgan fingerprint density at radius 3 is 2.86 bits per heavy atom. The van der Waals surface area contributed by atoms with Crippen molar-refractivity contribution in [1.29, 1.82) is 0 Å². The Morgan fingerprint density at radius 2 is 2.05 bits per heavy atom. The molecule has 1 atom stereocenters. The molecule has 0 amide bonds. The van der Waals surface area contributed by atoms with Crippen LogP contribution >= 0.6 is 24.0 Å². The van der Waals surface area contributed by atoms with Crippen molar-refractivity contribution >= 4 is 35.7 Å². The Morgan fingerprint density at radius 1 is 1.23 bits per heavy atom. The number of aliphatic imine (C=N–C) groups is 1. The molecule has 0 aromatic heterocycles. The van der Waals surface area contributed by atoms with Gasteiger partial charge < -0.3 is 10.1 Å². The molecule has 2 aliphatic heterocycles. The smallest absolute Gasteiger partial charge is 0.199 e. The first kappa shape index (κ1) is 15.0. The van der Waals surface area contributed by atoms with Gasteiger partial charge in [-0.05, 0) is 18.2 Å². The molecule has 2 heterocycles. The fourth-order valence-corrected chi connectivity index (χ4v) is 3.10. The van der Waals surface area contributed by atoms with Crippen LogP contribution in [0, 0.1) is 0 Å². The molecule has 6 heteroatoms. The van der Waals surface area contributed by atoms with E-state index >= 15 is 0 Å². The van der Waals surface area contributed by atoms with Crippen molar-refractivity contribution in [3.63, 3.8) is 0 Å². The summed E-state index contributed by atoms with van der Waals surface area (Å²) < 4.78 is 6.10. The van der Waals surface area contributed by atoms with Gasteiger partial charge in [0, 0.05) is 23.7 Å². The maximum absolute atomic E-state index is 6.13. The number of hydrogen-bond acceptors (Lipinski definition) is 4. The highest BCUT2D eigenvalue weighted by Gasteiger charge is 2.36. The second-order valence-corrected chi connectivity index (χ2v) is 5.49. The number of hydrogen-bond donors (Lipinski definition) is 1. The number of nitrogens with zero attached hydrogens (tertiary/aromatic N) is 2. The first-order valence-electron chi connectivity index (χ1n) is 6.85. The average Bonchev–Trinajstić information content (AvgIpc) is 2.86. The van der Waals surface area contributed by atoms with Gasteiger partial charge in [-0.2, -0.15) is 0 Å². The number of halogens is 2. The molecule has 0 radical (unpaired) electrons. The van der Waals surface area contributed by atoms with E-state index < -0.39 is 0 Å². The van der Waals surface area contributed by atoms with Crippen LogP contribution in [0.4, 0.5) is 5.69 Å². The van der Waals surface area contributed by atoms with Crippen molar-refractivity contribution in [2.75, 3.05) is 18.5 Å². The average molecular weight is 336 g/mol. The Hall–Kier alpha value is -1.91. The Balaban J connectivity index is 0.00000144. The molecule has 0 aliphatic carbocycles. The zero-order chi connectivity index (χ0) is 14.4. The van der Waals surface area contributed by atoms with E-state index in [1.807, 2.05) is 43.4 Å². The van der Waals surface area contributed by atoms with Crippen LogP contribution < -0.4 is 15.0 Å². The van der Waals surface area contributed by atoms with Gasteiger partial charge in [0.15, 0.2) is 11.7 Å². The van der Waals surface area contributed by atoms with Gasteiger partial charge in [-0.1, -0.05) is 29.8 Å². The topological polar surface area (TPSA) is 36.9 Å². The Bertz CT molecular complexity index is 748. The maximum Gasteiger partial charge on any atom is 0.199 e. The van der Waals surface area contributed by atoms with Gasteiger partial charge in [-0.25, -0.2) is 0 Å². The zero-order valence-corrected chi connectivity index (χ0v) is 13.5. The van der Waals surface area contributed by atoms with Gasteiger partial charge in [0.2, 0.25) is 0 Å². The summed E-state index contributed by atoms with van der Waals surface area (Å²) in [6.45, 7) is 0.707. The van der Waals surface area contributed by atoms with Crippen LogP contribution in [0.5, 0.6) is 11.5 Å². The molecule has 2 aromatic carbocycles. The highest BCUT2D eigenvalue weighted by Crippen LogP contribution is 2.46. The summed E-state index contributed by atoms with van der Waals surface area (Å²) in [5.41, 5.74) is 2.12. The molecule has 2 aromatic rings. The van der Waals surface area contributed by atoms with E-state index in [1.54, 1.807) is 0 Å². The third-order valence-electron chi connectivity index (χ3n) is 3.86. The number of benzene rings is 2. The van der Waals surface area contributed by atoms with E-state index in [4.69, 9.17) is 16.3 Å². The Labute approximate surface area is 140 Å². The van der Waals surface area contributed by atoms with E-state index in [1.165, 1.54) is 0 Å². The van der Waals surface area contributed by atoms with Crippen LogP contribution in [-0.2, 0) is 0 Å². The monoisotopic (exact) mass is 335 g/mol. The number of nitrogens with one attached hydrogen (secondary N) is 1. The number of anilines is 1. The van der Waals surface area contributed by atoms with Crippen LogP contribution in [0.3, 0.4) is 0 Å². The number of para-hydroxylation sites is 1. The third kappa shape index (κ3) is 2.19. The highest BCUT2D eigenvalue weighted by atomic mass is 35.5. The lowest BCUT2D eigenvalue weighted by Gasteiger charge is -2.26. The quantitative estimate of drug-likeness (QED) is 0.790. The molecule has 0 spiro atoms. The van der Waals surface area contributed by atoms with E-state index in [-0.39, 0.29) is 18.4 Å². The normalized spacial score (nSPS) is 18.0. The van der Waals surface area contributed by atoms with E-state index in [9.17, 15) is 0 Å². The summed E-state index contributed by atoms with van der Waals surface area (Å²) in [5.74, 6) is 2.47. The van der Waals surface area contributed by atoms with Crippen molar-refractivity contribution in [3.8, 4) is 11.5 Å². The van der Waals surface area contributed by atoms with Gasteiger partial charge >= 0.3 is 0 Å². The van der Waals surface area contributed by atoms with E-state index in [2.05, 4.69) is 21.3 Å². The van der Waals surface area contributed by atoms with Gasteiger partial charge in [-0.15, -0.1) is 12.4 Å². The SMILES string of the molecule is CNC1=NCC2c3ccccc3Oc3cc(Cl)ccc3N12.Cl. The first-order chi connectivity index (χ1) is 10.3. The van der Waals surface area contributed by atoms with Gasteiger partial charge in [-0.3, -0.25) is 9.89 Å². The molecule has 0 fully saturated rings. The molecule has 0 bridgehead atoms. The van der Waals surface area contributed by atoms with Gasteiger partial charge in [0.25, 0.3) is 0 Å². The molecule has 4 nitrogen and oxygen atoms in total. The molecule has 114 valence electrons. The first-order valence-corrected chi connectivity index (χ1v) is 7.23. The van der Waals surface area contributed by atoms with E-state index in [0.29, 0.717) is 11.6 Å². The summed E-state index contributed by atoms with van der Waals surface area (Å²) >= 11 is 6.13. The van der Waals surface area contributed by atoms with Crippen molar-refractivity contribution in [2.24, 2.45) is 4.99 Å². The van der Waals surface area contributed by atoms with Crippen molar-refractivity contribution in [1.82, 2.24) is 5.32 Å². The predicted octanol–water partition coefficient (Wildman–Crippen LogP) is 4.00. The van der Waals surface area contributed by atoms with Crippen LogP contribution in [0.2, 0.25) is 5.02 Å². The lowest BCUT2D eigenvalue weighted by Crippen LogP contribution is -2.37. The standard InChI is InChI=1S/C16H14ClN3O.ClH/c1-18-16-19-9-13-11-4-2-3-5-14(11)21-15-8-10(17)6-7-12(15)20(13)16;/h2-8,13H,9H2,1H3,(H,18,19);1H. The third-order valence-corrected chi connectivity index (χ3v) is 4.09. The molecule has 0 saturated heterocycles. The van der Waals surface area contributed by atoms with Crippen LogP contribution in [0.25, 0.3) is 0 Å². The number of guanidine groups is 1. The summed E-state index contributed by atoms with van der Waals surface area (Å²) in [6, 6.07) is 13.9. The van der Waals surface area contributed by atoms with Gasteiger partial charge in [0.05, 0.1) is 18.3 Å². The lowest BCUT2D eigenvalue weighted by molar-refractivity contribution is 0.482. The summed E-state index contributed by atoms with van der Waals surface area (Å²) in [6.07, 6.45) is 0. The van der Waals surface area contributed by atoms with Gasteiger partial charge in [0.1, 0.15) is 5.75 Å². The molecule has 1 N–H and O–H groups in total. The van der Waals surface area contributed by atoms with Crippen molar-refractivity contribution < 1.29 is 4.74 Å². The fourth-order valence-electron chi connectivity index (χ4n) is 2.93. The summed E-state index contributed by atoms with van der Waals surface area (Å²) in [5, 5.41) is 3.82.